The summed E-state index contributed by atoms with van der Waals surface area (Å²) in [6, 6.07) is 18.7. The summed E-state index contributed by atoms with van der Waals surface area (Å²) in [6.07, 6.45) is 0.702. The highest BCUT2D eigenvalue weighted by Gasteiger charge is 2.22. The lowest BCUT2D eigenvalue weighted by atomic mass is 9.95. The first kappa shape index (κ1) is 18.3. The Balaban J connectivity index is 2.23. The summed E-state index contributed by atoms with van der Waals surface area (Å²) in [6.45, 7) is 3.75. The van der Waals surface area contributed by atoms with Gasteiger partial charge in [0.1, 0.15) is 5.56 Å². The van der Waals surface area contributed by atoms with Crippen LogP contribution in [0.4, 0.5) is 0 Å². The van der Waals surface area contributed by atoms with E-state index >= 15 is 0 Å². The number of amides is 1. The van der Waals surface area contributed by atoms with E-state index in [1.54, 1.807) is 0 Å². The van der Waals surface area contributed by atoms with E-state index in [9.17, 15) is 9.59 Å². The summed E-state index contributed by atoms with van der Waals surface area (Å²) in [5, 5.41) is 10.7. The number of benzene rings is 2. The topological polar surface area (TPSA) is 87.2 Å². The number of aromatic amines is 1. The van der Waals surface area contributed by atoms with Crippen LogP contribution < -0.4 is 11.0 Å². The first-order valence-corrected chi connectivity index (χ1v) is 8.68. The molecule has 3 rings (SSSR count). The zero-order chi connectivity index (χ0) is 19.2. The molecule has 1 aromatic heterocycles. The van der Waals surface area contributed by atoms with E-state index in [2.05, 4.69) is 20.7 Å². The van der Waals surface area contributed by atoms with Crippen molar-refractivity contribution in [2.75, 3.05) is 0 Å². The maximum atomic E-state index is 12.8. The van der Waals surface area contributed by atoms with Crippen LogP contribution in [0, 0.1) is 0 Å². The Bertz CT molecular complexity index is 1030. The Morgan fingerprint density at radius 3 is 2.22 bits per heavy atom. The van der Waals surface area contributed by atoms with Gasteiger partial charge in [-0.05, 0) is 18.9 Å². The van der Waals surface area contributed by atoms with Crippen LogP contribution in [0.5, 0.6) is 0 Å². The number of hydrazone groups is 1. The largest absolute Gasteiger partial charge is 0.277 e. The lowest BCUT2D eigenvalue weighted by Gasteiger charge is -2.13. The molecule has 6 heteroatoms. The van der Waals surface area contributed by atoms with Crippen molar-refractivity contribution < 1.29 is 4.79 Å². The molecule has 1 heterocycles. The average molecular weight is 360 g/mol. The predicted octanol–water partition coefficient (Wildman–Crippen LogP) is 3.62. The molecule has 0 spiro atoms. The van der Waals surface area contributed by atoms with Crippen LogP contribution in [0.25, 0.3) is 22.4 Å². The molecule has 1 amide bonds. The SMILES string of the molecule is CC/C(C)=N/NC(=O)c1c(-c2ccccc2)c(-c2ccccc2)n[nH]c1=O. The van der Waals surface area contributed by atoms with Gasteiger partial charge in [-0.3, -0.25) is 9.59 Å². The predicted molar refractivity (Wildman–Crippen MR) is 107 cm³/mol. The van der Waals surface area contributed by atoms with Gasteiger partial charge in [-0.25, -0.2) is 10.5 Å². The number of rotatable bonds is 5. The van der Waals surface area contributed by atoms with Crippen molar-refractivity contribution in [2.24, 2.45) is 5.10 Å². The van der Waals surface area contributed by atoms with Gasteiger partial charge in [0.2, 0.25) is 0 Å². The van der Waals surface area contributed by atoms with Crippen molar-refractivity contribution in [1.29, 1.82) is 0 Å². The fourth-order valence-corrected chi connectivity index (χ4v) is 2.64. The standard InChI is InChI=1S/C21H20N4O2/c1-3-14(2)22-24-20(26)18-17(15-10-6-4-7-11-15)19(23-25-21(18)27)16-12-8-5-9-13-16/h4-13H,3H2,1-2H3,(H,24,26)(H,25,27)/b22-14+. The highest BCUT2D eigenvalue weighted by atomic mass is 16.2. The first-order chi connectivity index (χ1) is 13.1. The van der Waals surface area contributed by atoms with Crippen LogP contribution in [0.2, 0.25) is 0 Å². The van der Waals surface area contributed by atoms with E-state index in [0.29, 0.717) is 17.7 Å². The fraction of sp³-hybridized carbons (Fsp3) is 0.143. The van der Waals surface area contributed by atoms with Gasteiger partial charge < -0.3 is 0 Å². The van der Waals surface area contributed by atoms with E-state index in [-0.39, 0.29) is 5.56 Å². The maximum absolute atomic E-state index is 12.8. The van der Waals surface area contributed by atoms with E-state index in [0.717, 1.165) is 16.8 Å². The molecule has 2 N–H and O–H groups in total. The van der Waals surface area contributed by atoms with Crippen LogP contribution >= 0.6 is 0 Å². The van der Waals surface area contributed by atoms with Crippen LogP contribution in [-0.2, 0) is 0 Å². The van der Waals surface area contributed by atoms with Crippen molar-refractivity contribution >= 4 is 11.6 Å². The molecule has 0 unspecified atom stereocenters. The van der Waals surface area contributed by atoms with Gasteiger partial charge in [-0.2, -0.15) is 10.2 Å². The Morgan fingerprint density at radius 1 is 1.04 bits per heavy atom. The number of H-pyrrole nitrogens is 1. The molecule has 0 bridgehead atoms. The summed E-state index contributed by atoms with van der Waals surface area (Å²) in [5.74, 6) is -0.567. The molecular weight excluding hydrogens is 340 g/mol. The third-order valence-corrected chi connectivity index (χ3v) is 4.18. The van der Waals surface area contributed by atoms with Gasteiger partial charge in [-0.1, -0.05) is 67.6 Å². The Labute approximate surface area is 157 Å². The van der Waals surface area contributed by atoms with E-state index < -0.39 is 11.5 Å². The van der Waals surface area contributed by atoms with Gasteiger partial charge >= 0.3 is 0 Å². The molecule has 0 atom stereocenters. The summed E-state index contributed by atoms with van der Waals surface area (Å²) < 4.78 is 0. The number of carbonyl (C=O) groups is 1. The lowest BCUT2D eigenvalue weighted by molar-refractivity contribution is 0.0953. The first-order valence-electron chi connectivity index (χ1n) is 8.68. The number of hydrogen-bond donors (Lipinski definition) is 2. The van der Waals surface area contributed by atoms with Crippen LogP contribution in [0.3, 0.4) is 0 Å². The third-order valence-electron chi connectivity index (χ3n) is 4.18. The number of aromatic nitrogens is 2. The normalized spacial score (nSPS) is 11.3. The van der Waals surface area contributed by atoms with E-state index in [1.165, 1.54) is 0 Å². The molecule has 0 saturated carbocycles. The van der Waals surface area contributed by atoms with Crippen molar-refractivity contribution in [2.45, 2.75) is 20.3 Å². The smallest absolute Gasteiger partial charge is 0.267 e. The van der Waals surface area contributed by atoms with Gasteiger partial charge in [0, 0.05) is 16.8 Å². The minimum Gasteiger partial charge on any atom is -0.267 e. The van der Waals surface area contributed by atoms with Crippen molar-refractivity contribution in [3.8, 4) is 22.4 Å². The number of nitrogens with zero attached hydrogens (tertiary/aromatic N) is 2. The van der Waals surface area contributed by atoms with Crippen LogP contribution in [0.1, 0.15) is 30.6 Å². The molecule has 27 heavy (non-hydrogen) atoms. The van der Waals surface area contributed by atoms with Gasteiger partial charge in [0.25, 0.3) is 11.5 Å². The van der Waals surface area contributed by atoms with Crippen LogP contribution in [-0.4, -0.2) is 21.8 Å². The molecule has 0 radical (unpaired) electrons. The summed E-state index contributed by atoms with van der Waals surface area (Å²) >= 11 is 0. The molecule has 0 aliphatic heterocycles. The Morgan fingerprint density at radius 2 is 1.63 bits per heavy atom. The Kier molecular flexibility index (Phi) is 5.56. The second-order valence-electron chi connectivity index (χ2n) is 6.02. The highest BCUT2D eigenvalue weighted by Crippen LogP contribution is 2.31. The number of hydrogen-bond acceptors (Lipinski definition) is 4. The molecule has 136 valence electrons. The fourth-order valence-electron chi connectivity index (χ4n) is 2.64. The summed E-state index contributed by atoms with van der Waals surface area (Å²) in [5.41, 5.74) is 5.21. The minimum atomic E-state index is -0.567. The second kappa shape index (κ2) is 8.23. The molecule has 6 nitrogen and oxygen atoms in total. The molecule has 0 aliphatic rings. The quantitative estimate of drug-likeness (QED) is 0.538. The third kappa shape index (κ3) is 4.00. The zero-order valence-electron chi connectivity index (χ0n) is 15.2. The molecule has 0 fully saturated rings. The van der Waals surface area contributed by atoms with Gasteiger partial charge in [0.15, 0.2) is 0 Å². The monoisotopic (exact) mass is 360 g/mol. The molecular formula is C21H20N4O2. The second-order valence-corrected chi connectivity index (χ2v) is 6.02. The molecule has 0 saturated heterocycles. The molecule has 2 aromatic carbocycles. The number of carbonyl (C=O) groups excluding carboxylic acids is 1. The highest BCUT2D eigenvalue weighted by molar-refractivity contribution is 6.04. The van der Waals surface area contributed by atoms with Crippen LogP contribution in [0.15, 0.2) is 70.6 Å². The van der Waals surface area contributed by atoms with Crippen molar-refractivity contribution in [3.63, 3.8) is 0 Å². The number of nitrogens with one attached hydrogen (secondary N) is 2. The summed E-state index contributed by atoms with van der Waals surface area (Å²) in [4.78, 5) is 25.3. The average Bonchev–Trinajstić information content (AvgIpc) is 2.72. The van der Waals surface area contributed by atoms with Crippen molar-refractivity contribution in [3.05, 3.63) is 76.6 Å². The molecule has 0 aliphatic carbocycles. The zero-order valence-corrected chi connectivity index (χ0v) is 15.2. The van der Waals surface area contributed by atoms with E-state index in [4.69, 9.17) is 0 Å². The van der Waals surface area contributed by atoms with Gasteiger partial charge in [-0.15, -0.1) is 0 Å². The van der Waals surface area contributed by atoms with Crippen molar-refractivity contribution in [1.82, 2.24) is 15.6 Å². The minimum absolute atomic E-state index is 0.0114. The maximum Gasteiger partial charge on any atom is 0.277 e. The lowest BCUT2D eigenvalue weighted by Crippen LogP contribution is -2.29. The van der Waals surface area contributed by atoms with Gasteiger partial charge in [0.05, 0.1) is 5.69 Å². The van der Waals surface area contributed by atoms with E-state index in [1.807, 2.05) is 74.5 Å². The Hall–Kier alpha value is -3.54. The molecule has 3 aromatic rings. The summed E-state index contributed by atoms with van der Waals surface area (Å²) in [7, 11) is 0.